The summed E-state index contributed by atoms with van der Waals surface area (Å²) >= 11 is 0. The molecule has 0 unspecified atom stereocenters. The largest absolute Gasteiger partial charge is 0.369 e. The standard InChI is InChI=1S/C13H20N4O3S/c1-21(19,20)17-7-6-16(8-11(9-17)13(14)18)10-12-4-2-3-5-15-12/h2-5,11H,6-10H2,1H3,(H2,14,18)/t11-/m0/s1. The van der Waals surface area contributed by atoms with Crippen LogP contribution in [0.1, 0.15) is 5.69 Å². The summed E-state index contributed by atoms with van der Waals surface area (Å²) in [5.74, 6) is -0.984. The van der Waals surface area contributed by atoms with Crippen LogP contribution >= 0.6 is 0 Å². The molecule has 8 heteroatoms. The molecule has 1 aliphatic heterocycles. The van der Waals surface area contributed by atoms with E-state index in [-0.39, 0.29) is 6.54 Å². The third-order valence-corrected chi connectivity index (χ3v) is 4.82. The predicted octanol–water partition coefficient (Wildman–Crippen LogP) is -0.740. The van der Waals surface area contributed by atoms with Crippen molar-refractivity contribution < 1.29 is 13.2 Å². The maximum Gasteiger partial charge on any atom is 0.223 e. The Morgan fingerprint density at radius 2 is 2.14 bits per heavy atom. The first-order valence-electron chi connectivity index (χ1n) is 6.73. The fraction of sp³-hybridized carbons (Fsp3) is 0.538. The Morgan fingerprint density at radius 3 is 2.71 bits per heavy atom. The van der Waals surface area contributed by atoms with Crippen molar-refractivity contribution in [3.8, 4) is 0 Å². The molecule has 116 valence electrons. The molecule has 0 spiro atoms. The first-order valence-corrected chi connectivity index (χ1v) is 8.58. The molecule has 2 heterocycles. The maximum absolute atomic E-state index is 11.7. The maximum atomic E-state index is 11.7. The first kappa shape index (κ1) is 15.9. The van der Waals surface area contributed by atoms with Gasteiger partial charge in [-0.2, -0.15) is 0 Å². The Hall–Kier alpha value is -1.51. The third kappa shape index (κ3) is 4.48. The molecule has 0 radical (unpaired) electrons. The molecule has 0 aromatic carbocycles. The predicted molar refractivity (Wildman–Crippen MR) is 78.6 cm³/mol. The van der Waals surface area contributed by atoms with Crippen LogP contribution in [0.15, 0.2) is 24.4 Å². The van der Waals surface area contributed by atoms with Gasteiger partial charge in [-0.25, -0.2) is 12.7 Å². The van der Waals surface area contributed by atoms with Crippen LogP contribution in [-0.4, -0.2) is 60.9 Å². The highest BCUT2D eigenvalue weighted by Crippen LogP contribution is 2.14. The molecule has 0 bridgehead atoms. The Morgan fingerprint density at radius 1 is 1.38 bits per heavy atom. The molecule has 0 saturated carbocycles. The van der Waals surface area contributed by atoms with E-state index in [2.05, 4.69) is 4.98 Å². The minimum absolute atomic E-state index is 0.146. The van der Waals surface area contributed by atoms with Crippen LogP contribution in [0.25, 0.3) is 0 Å². The van der Waals surface area contributed by atoms with Crippen LogP contribution in [0.4, 0.5) is 0 Å². The van der Waals surface area contributed by atoms with Crippen LogP contribution in [0.2, 0.25) is 0 Å². The van der Waals surface area contributed by atoms with E-state index in [4.69, 9.17) is 5.73 Å². The number of nitrogens with zero attached hydrogens (tertiary/aromatic N) is 3. The molecule has 1 aliphatic rings. The molecule has 1 amide bonds. The highest BCUT2D eigenvalue weighted by molar-refractivity contribution is 7.88. The van der Waals surface area contributed by atoms with Crippen molar-refractivity contribution >= 4 is 15.9 Å². The van der Waals surface area contributed by atoms with Crippen molar-refractivity contribution in [1.82, 2.24) is 14.2 Å². The van der Waals surface area contributed by atoms with Crippen molar-refractivity contribution in [3.63, 3.8) is 0 Å². The van der Waals surface area contributed by atoms with Crippen LogP contribution in [0.3, 0.4) is 0 Å². The zero-order valence-electron chi connectivity index (χ0n) is 12.0. The second kappa shape index (κ2) is 6.50. The fourth-order valence-corrected chi connectivity index (χ4v) is 3.26. The van der Waals surface area contributed by atoms with Crippen molar-refractivity contribution in [2.24, 2.45) is 11.7 Å². The van der Waals surface area contributed by atoms with Crippen LogP contribution in [0.5, 0.6) is 0 Å². The lowest BCUT2D eigenvalue weighted by Gasteiger charge is -2.21. The van der Waals surface area contributed by atoms with Crippen molar-refractivity contribution in [2.45, 2.75) is 6.54 Å². The zero-order chi connectivity index (χ0) is 15.5. The Balaban J connectivity index is 2.12. The van der Waals surface area contributed by atoms with E-state index in [9.17, 15) is 13.2 Å². The van der Waals surface area contributed by atoms with E-state index < -0.39 is 21.8 Å². The van der Waals surface area contributed by atoms with Gasteiger partial charge in [0.1, 0.15) is 0 Å². The lowest BCUT2D eigenvalue weighted by molar-refractivity contribution is -0.122. The summed E-state index contributed by atoms with van der Waals surface area (Å²) in [6.07, 6.45) is 2.86. The van der Waals surface area contributed by atoms with Crippen LogP contribution in [0, 0.1) is 5.92 Å². The normalized spacial score (nSPS) is 21.9. The summed E-state index contributed by atoms with van der Waals surface area (Å²) in [6, 6.07) is 5.64. The van der Waals surface area contributed by atoms with E-state index in [1.165, 1.54) is 4.31 Å². The number of amides is 1. The van der Waals surface area contributed by atoms with E-state index in [1.54, 1.807) is 6.20 Å². The van der Waals surface area contributed by atoms with Gasteiger partial charge in [0.2, 0.25) is 15.9 Å². The van der Waals surface area contributed by atoms with Gasteiger partial charge >= 0.3 is 0 Å². The van der Waals surface area contributed by atoms with E-state index >= 15 is 0 Å². The van der Waals surface area contributed by atoms with Gasteiger partial charge in [0.15, 0.2) is 0 Å². The van der Waals surface area contributed by atoms with Gasteiger partial charge < -0.3 is 5.73 Å². The van der Waals surface area contributed by atoms with Gasteiger partial charge in [0.25, 0.3) is 0 Å². The molecule has 1 fully saturated rings. The molecule has 1 atom stereocenters. The lowest BCUT2D eigenvalue weighted by atomic mass is 10.1. The quantitative estimate of drug-likeness (QED) is 0.790. The first-order chi connectivity index (χ1) is 9.86. The molecule has 2 rings (SSSR count). The zero-order valence-corrected chi connectivity index (χ0v) is 12.8. The van der Waals surface area contributed by atoms with E-state index in [1.807, 2.05) is 23.1 Å². The Labute approximate surface area is 124 Å². The minimum atomic E-state index is -3.33. The van der Waals surface area contributed by atoms with E-state index in [0.717, 1.165) is 11.9 Å². The van der Waals surface area contributed by atoms with Gasteiger partial charge in [-0.15, -0.1) is 0 Å². The lowest BCUT2D eigenvalue weighted by Crippen LogP contribution is -2.40. The highest BCUT2D eigenvalue weighted by atomic mass is 32.2. The smallest absolute Gasteiger partial charge is 0.223 e. The topological polar surface area (TPSA) is 96.6 Å². The van der Waals surface area contributed by atoms with Gasteiger partial charge in [0, 0.05) is 38.9 Å². The highest BCUT2D eigenvalue weighted by Gasteiger charge is 2.30. The van der Waals surface area contributed by atoms with Gasteiger partial charge in [-0.1, -0.05) is 6.07 Å². The fourth-order valence-electron chi connectivity index (χ4n) is 2.40. The van der Waals surface area contributed by atoms with Crippen molar-refractivity contribution in [1.29, 1.82) is 0 Å². The average molecular weight is 312 g/mol. The number of rotatable bonds is 4. The monoisotopic (exact) mass is 312 g/mol. The number of carbonyl (C=O) groups excluding carboxylic acids is 1. The van der Waals surface area contributed by atoms with Gasteiger partial charge in [-0.3, -0.25) is 14.7 Å². The number of primary amides is 1. The number of nitrogens with two attached hydrogens (primary N) is 1. The molecule has 7 nitrogen and oxygen atoms in total. The molecule has 1 aromatic rings. The summed E-state index contributed by atoms with van der Waals surface area (Å²) in [5, 5.41) is 0. The van der Waals surface area contributed by atoms with Gasteiger partial charge in [0.05, 0.1) is 17.9 Å². The van der Waals surface area contributed by atoms with Crippen LogP contribution in [-0.2, 0) is 21.4 Å². The number of sulfonamides is 1. The van der Waals surface area contributed by atoms with Crippen molar-refractivity contribution in [2.75, 3.05) is 32.4 Å². The molecule has 1 saturated heterocycles. The van der Waals surface area contributed by atoms with Crippen molar-refractivity contribution in [3.05, 3.63) is 30.1 Å². The summed E-state index contributed by atoms with van der Waals surface area (Å²) < 4.78 is 24.8. The summed E-state index contributed by atoms with van der Waals surface area (Å²) in [7, 11) is -3.33. The summed E-state index contributed by atoms with van der Waals surface area (Å²) in [4.78, 5) is 17.8. The number of aromatic nitrogens is 1. The summed E-state index contributed by atoms with van der Waals surface area (Å²) in [6.45, 7) is 2.07. The molecule has 1 aromatic heterocycles. The SMILES string of the molecule is CS(=O)(=O)N1CCN(Cc2ccccn2)C[C@H](C(N)=O)C1. The van der Waals surface area contributed by atoms with E-state index in [0.29, 0.717) is 26.2 Å². The number of pyridine rings is 1. The minimum Gasteiger partial charge on any atom is -0.369 e. The average Bonchev–Trinajstić information content (AvgIpc) is 2.62. The second-order valence-corrected chi connectivity index (χ2v) is 7.26. The molecular formula is C13H20N4O3S. The number of carbonyl (C=O) groups is 1. The van der Waals surface area contributed by atoms with Gasteiger partial charge in [-0.05, 0) is 12.1 Å². The third-order valence-electron chi connectivity index (χ3n) is 3.55. The summed E-state index contributed by atoms with van der Waals surface area (Å²) in [5.41, 5.74) is 6.28. The number of hydrogen-bond acceptors (Lipinski definition) is 5. The molecule has 0 aliphatic carbocycles. The Bertz CT molecular complexity index is 591. The number of hydrogen-bond donors (Lipinski definition) is 1. The molecular weight excluding hydrogens is 292 g/mol. The Kier molecular flexibility index (Phi) is 4.92. The molecule has 21 heavy (non-hydrogen) atoms. The molecule has 2 N–H and O–H groups in total. The second-order valence-electron chi connectivity index (χ2n) is 5.28. The van der Waals surface area contributed by atoms with Crippen LogP contribution < -0.4 is 5.73 Å².